The zero-order valence-electron chi connectivity index (χ0n) is 9.41. The molecule has 1 aromatic heterocycles. The van der Waals surface area contributed by atoms with Crippen molar-refractivity contribution in [1.29, 1.82) is 0 Å². The summed E-state index contributed by atoms with van der Waals surface area (Å²) < 4.78 is 2.03. The van der Waals surface area contributed by atoms with E-state index in [0.29, 0.717) is 0 Å². The first-order chi connectivity index (χ1) is 8.24. The van der Waals surface area contributed by atoms with E-state index >= 15 is 0 Å². The number of hydrogen-bond donors (Lipinski definition) is 1. The quantitative estimate of drug-likeness (QED) is 0.808. The van der Waals surface area contributed by atoms with Crippen LogP contribution in [0.2, 0.25) is 0 Å². The average Bonchev–Trinajstić information content (AvgIpc) is 2.32. The fourth-order valence-electron chi connectivity index (χ4n) is 1.68. The van der Waals surface area contributed by atoms with Crippen LogP contribution in [0.1, 0.15) is 11.1 Å². The second-order valence-corrected chi connectivity index (χ2v) is 3.93. The Balaban J connectivity index is 2.06. The zero-order chi connectivity index (χ0) is 12.1. The van der Waals surface area contributed by atoms with E-state index in [0.717, 1.165) is 12.1 Å². The maximum absolute atomic E-state index is 10.5. The molecule has 0 atom stereocenters. The summed E-state index contributed by atoms with van der Waals surface area (Å²) in [5.41, 5.74) is 2.05. The molecule has 2 aromatic rings. The molecule has 0 radical (unpaired) electrons. The van der Waals surface area contributed by atoms with Crippen molar-refractivity contribution >= 4 is 5.97 Å². The van der Waals surface area contributed by atoms with E-state index in [9.17, 15) is 4.79 Å². The lowest BCUT2D eigenvalue weighted by molar-refractivity contribution is -0.688. The third-order valence-corrected chi connectivity index (χ3v) is 2.52. The van der Waals surface area contributed by atoms with Gasteiger partial charge in [-0.2, -0.15) is 0 Å². The Bertz CT molecular complexity index is 491. The third-order valence-electron chi connectivity index (χ3n) is 2.52. The summed E-state index contributed by atoms with van der Waals surface area (Å²) in [7, 11) is 0. The Hall–Kier alpha value is -2.16. The van der Waals surface area contributed by atoms with Crippen LogP contribution in [0.25, 0.3) is 0 Å². The van der Waals surface area contributed by atoms with Crippen molar-refractivity contribution in [2.45, 2.75) is 13.0 Å². The minimum atomic E-state index is -0.800. The summed E-state index contributed by atoms with van der Waals surface area (Å²) in [6, 6.07) is 13.8. The van der Waals surface area contributed by atoms with Crippen LogP contribution in [0, 0.1) is 0 Å². The van der Waals surface area contributed by atoms with Crippen LogP contribution in [-0.2, 0) is 17.8 Å². The molecule has 0 saturated heterocycles. The van der Waals surface area contributed by atoms with Crippen molar-refractivity contribution < 1.29 is 14.5 Å². The highest BCUT2D eigenvalue weighted by molar-refractivity contribution is 5.69. The van der Waals surface area contributed by atoms with Gasteiger partial charge in [0.15, 0.2) is 18.9 Å². The van der Waals surface area contributed by atoms with E-state index in [1.165, 1.54) is 5.56 Å². The molecular weight excluding hydrogens is 214 g/mol. The molecule has 1 heterocycles. The molecule has 17 heavy (non-hydrogen) atoms. The first-order valence-electron chi connectivity index (χ1n) is 5.48. The van der Waals surface area contributed by atoms with Crippen LogP contribution in [0.4, 0.5) is 0 Å². The molecule has 0 bridgehead atoms. The topological polar surface area (TPSA) is 41.2 Å². The molecule has 0 saturated carbocycles. The lowest BCUT2D eigenvalue weighted by Gasteiger charge is -1.99. The molecule has 1 aromatic carbocycles. The number of rotatable bonds is 4. The Morgan fingerprint density at radius 1 is 1.00 bits per heavy atom. The second kappa shape index (κ2) is 5.25. The van der Waals surface area contributed by atoms with Gasteiger partial charge in [0.1, 0.15) is 0 Å². The van der Waals surface area contributed by atoms with E-state index in [2.05, 4.69) is 12.1 Å². The van der Waals surface area contributed by atoms with E-state index in [4.69, 9.17) is 5.11 Å². The van der Waals surface area contributed by atoms with Crippen molar-refractivity contribution in [3.05, 3.63) is 66.0 Å². The molecule has 3 heteroatoms. The largest absolute Gasteiger partial charge is 0.481 e. The zero-order valence-corrected chi connectivity index (χ0v) is 9.41. The first kappa shape index (κ1) is 11.3. The highest BCUT2D eigenvalue weighted by atomic mass is 16.4. The summed E-state index contributed by atoms with van der Waals surface area (Å²) in [5.74, 6) is -0.800. The fraction of sp³-hybridized carbons (Fsp3) is 0.143. The SMILES string of the molecule is O=C(O)Cc1cc[n+](Cc2ccccc2)cc1. The Labute approximate surface area is 100.0 Å². The van der Waals surface area contributed by atoms with E-state index in [1.807, 2.05) is 47.3 Å². The number of aliphatic carboxylic acids is 1. The summed E-state index contributed by atoms with van der Waals surface area (Å²) in [4.78, 5) is 10.5. The molecule has 0 unspecified atom stereocenters. The molecule has 3 nitrogen and oxygen atoms in total. The van der Waals surface area contributed by atoms with Gasteiger partial charge in [0.2, 0.25) is 0 Å². The lowest BCUT2D eigenvalue weighted by Crippen LogP contribution is -2.33. The summed E-state index contributed by atoms with van der Waals surface area (Å²) in [6.45, 7) is 0.800. The van der Waals surface area contributed by atoms with Gasteiger partial charge in [0.25, 0.3) is 0 Å². The van der Waals surface area contributed by atoms with Crippen molar-refractivity contribution in [1.82, 2.24) is 0 Å². The van der Waals surface area contributed by atoms with Gasteiger partial charge in [0, 0.05) is 17.7 Å². The number of carboxylic acids is 1. The Kier molecular flexibility index (Phi) is 3.50. The van der Waals surface area contributed by atoms with Crippen LogP contribution in [-0.4, -0.2) is 11.1 Å². The summed E-state index contributed by atoms with van der Waals surface area (Å²) in [6.07, 6.45) is 3.89. The molecular formula is C14H14NO2+. The van der Waals surface area contributed by atoms with Gasteiger partial charge in [-0.1, -0.05) is 30.3 Å². The van der Waals surface area contributed by atoms with Gasteiger partial charge in [-0.15, -0.1) is 0 Å². The van der Waals surface area contributed by atoms with Gasteiger partial charge in [0.05, 0.1) is 6.42 Å². The smallest absolute Gasteiger partial charge is 0.307 e. The lowest BCUT2D eigenvalue weighted by atomic mass is 10.2. The molecule has 0 fully saturated rings. The number of pyridine rings is 1. The maximum atomic E-state index is 10.5. The Morgan fingerprint density at radius 2 is 1.65 bits per heavy atom. The standard InChI is InChI=1S/C14H13NO2/c16-14(17)10-12-6-8-15(9-7-12)11-13-4-2-1-3-5-13/h1-9H,10-11H2/p+1. The highest BCUT2D eigenvalue weighted by Gasteiger charge is 2.04. The van der Waals surface area contributed by atoms with E-state index in [-0.39, 0.29) is 6.42 Å². The normalized spacial score (nSPS) is 10.1. The molecule has 0 amide bonds. The highest BCUT2D eigenvalue weighted by Crippen LogP contribution is 1.99. The van der Waals surface area contributed by atoms with Gasteiger partial charge in [-0.3, -0.25) is 4.79 Å². The molecule has 0 aliphatic rings. The molecule has 86 valence electrons. The van der Waals surface area contributed by atoms with Crippen LogP contribution < -0.4 is 4.57 Å². The third kappa shape index (κ3) is 3.41. The van der Waals surface area contributed by atoms with Gasteiger partial charge >= 0.3 is 5.97 Å². The van der Waals surface area contributed by atoms with Crippen molar-refractivity contribution in [2.24, 2.45) is 0 Å². The first-order valence-corrected chi connectivity index (χ1v) is 5.48. The van der Waals surface area contributed by atoms with Gasteiger partial charge < -0.3 is 5.11 Å². The van der Waals surface area contributed by atoms with Crippen LogP contribution in [0.15, 0.2) is 54.9 Å². The molecule has 0 spiro atoms. The summed E-state index contributed by atoms with van der Waals surface area (Å²) in [5, 5.41) is 8.66. The van der Waals surface area contributed by atoms with Crippen LogP contribution in [0.5, 0.6) is 0 Å². The van der Waals surface area contributed by atoms with Crippen molar-refractivity contribution in [3.63, 3.8) is 0 Å². The fourth-order valence-corrected chi connectivity index (χ4v) is 1.68. The predicted octanol–water partition coefficient (Wildman–Crippen LogP) is 1.65. The van der Waals surface area contributed by atoms with Crippen molar-refractivity contribution in [2.75, 3.05) is 0 Å². The Morgan fingerprint density at radius 3 is 2.24 bits per heavy atom. The van der Waals surface area contributed by atoms with Crippen LogP contribution >= 0.6 is 0 Å². The number of carboxylic acid groups (broad SMARTS) is 1. The number of carbonyl (C=O) groups is 1. The van der Waals surface area contributed by atoms with E-state index < -0.39 is 5.97 Å². The average molecular weight is 228 g/mol. The van der Waals surface area contributed by atoms with Crippen LogP contribution in [0.3, 0.4) is 0 Å². The molecule has 0 aliphatic carbocycles. The maximum Gasteiger partial charge on any atom is 0.307 e. The molecule has 0 aliphatic heterocycles. The number of benzene rings is 1. The molecule has 2 rings (SSSR count). The minimum absolute atomic E-state index is 0.0756. The monoisotopic (exact) mass is 228 g/mol. The number of hydrogen-bond acceptors (Lipinski definition) is 1. The second-order valence-electron chi connectivity index (χ2n) is 3.93. The number of nitrogens with zero attached hydrogens (tertiary/aromatic N) is 1. The molecule has 1 N–H and O–H groups in total. The summed E-state index contributed by atoms with van der Waals surface area (Å²) >= 11 is 0. The minimum Gasteiger partial charge on any atom is -0.481 e. The predicted molar refractivity (Wildman–Crippen MR) is 63.5 cm³/mol. The van der Waals surface area contributed by atoms with Gasteiger partial charge in [-0.05, 0) is 5.56 Å². The number of aromatic nitrogens is 1. The van der Waals surface area contributed by atoms with Crippen molar-refractivity contribution in [3.8, 4) is 0 Å². The van der Waals surface area contributed by atoms with E-state index in [1.54, 1.807) is 0 Å². The van der Waals surface area contributed by atoms with Gasteiger partial charge in [-0.25, -0.2) is 4.57 Å².